The average molecular weight is 328 g/mol. The van der Waals surface area contributed by atoms with Crippen molar-refractivity contribution in [2.75, 3.05) is 25.0 Å². The van der Waals surface area contributed by atoms with Crippen LogP contribution in [0.2, 0.25) is 0 Å². The van der Waals surface area contributed by atoms with Crippen molar-refractivity contribution < 1.29 is 4.79 Å². The van der Waals surface area contributed by atoms with E-state index in [0.29, 0.717) is 11.6 Å². The van der Waals surface area contributed by atoms with Crippen molar-refractivity contribution in [2.24, 2.45) is 0 Å². The molecule has 1 saturated heterocycles. The first-order chi connectivity index (χ1) is 11.6. The lowest BCUT2D eigenvalue weighted by molar-refractivity contribution is 0.0957. The number of carbonyl (C=O) groups is 1. The number of rotatable bonds is 4. The molecule has 24 heavy (non-hydrogen) atoms. The first-order valence-electron chi connectivity index (χ1n) is 8.43. The fraction of sp³-hybridized carbons (Fsp3) is 0.529. The number of nitrogens with one attached hydrogen (secondary N) is 1. The summed E-state index contributed by atoms with van der Waals surface area (Å²) in [4.78, 5) is 23.0. The summed E-state index contributed by atoms with van der Waals surface area (Å²) in [6.45, 7) is 6.02. The van der Waals surface area contributed by atoms with Crippen LogP contribution in [0, 0.1) is 0 Å². The van der Waals surface area contributed by atoms with Crippen LogP contribution in [0.25, 0.3) is 0 Å². The van der Waals surface area contributed by atoms with Gasteiger partial charge in [-0.15, -0.1) is 0 Å². The first-order valence-corrected chi connectivity index (χ1v) is 8.43. The average Bonchev–Trinajstić information content (AvgIpc) is 3.11. The molecular formula is C17H24N6O. The van der Waals surface area contributed by atoms with E-state index in [-0.39, 0.29) is 11.9 Å². The molecule has 1 N–H and O–H groups in total. The molecular weight excluding hydrogens is 304 g/mol. The maximum absolute atomic E-state index is 11.7. The van der Waals surface area contributed by atoms with Crippen LogP contribution in [0.15, 0.2) is 24.5 Å². The van der Waals surface area contributed by atoms with Crippen LogP contribution in [0.3, 0.4) is 0 Å². The van der Waals surface area contributed by atoms with Gasteiger partial charge in [0.2, 0.25) is 0 Å². The van der Waals surface area contributed by atoms with Gasteiger partial charge in [-0.1, -0.05) is 13.8 Å². The number of aromatic nitrogens is 4. The molecule has 1 fully saturated rings. The van der Waals surface area contributed by atoms with E-state index in [1.165, 1.54) is 0 Å². The Bertz CT molecular complexity index is 711. The van der Waals surface area contributed by atoms with Crippen molar-refractivity contribution in [3.8, 4) is 0 Å². The van der Waals surface area contributed by atoms with Gasteiger partial charge in [-0.05, 0) is 25.0 Å². The Hall–Kier alpha value is -2.44. The highest BCUT2D eigenvalue weighted by atomic mass is 16.1. The van der Waals surface area contributed by atoms with E-state index in [4.69, 9.17) is 4.98 Å². The minimum Gasteiger partial charge on any atom is -0.354 e. The molecule has 0 bridgehead atoms. The molecule has 0 saturated carbocycles. The van der Waals surface area contributed by atoms with Crippen LogP contribution in [0.1, 0.15) is 55.0 Å². The second-order valence-corrected chi connectivity index (χ2v) is 6.43. The monoisotopic (exact) mass is 328 g/mol. The van der Waals surface area contributed by atoms with Gasteiger partial charge in [-0.3, -0.25) is 9.48 Å². The standard InChI is InChI=1S/C17H24N6O/c1-12(2)16-19-8-6-15(20-16)22-9-4-5-13(11-22)23-10-7-14(21-23)17(24)18-3/h6-8,10,12-13H,4-5,9,11H2,1-3H3,(H,18,24)/t13-/m0/s1. The van der Waals surface area contributed by atoms with Gasteiger partial charge in [0.15, 0.2) is 0 Å². The summed E-state index contributed by atoms with van der Waals surface area (Å²) in [5.74, 6) is 2.00. The molecule has 1 atom stereocenters. The Morgan fingerprint density at radius 1 is 1.38 bits per heavy atom. The van der Waals surface area contributed by atoms with E-state index in [0.717, 1.165) is 37.6 Å². The second kappa shape index (κ2) is 6.98. The summed E-state index contributed by atoms with van der Waals surface area (Å²) in [6.07, 6.45) is 5.84. The molecule has 7 heteroatoms. The minimum atomic E-state index is -0.154. The molecule has 3 heterocycles. The zero-order chi connectivity index (χ0) is 17.1. The minimum absolute atomic E-state index is 0.154. The molecule has 1 aliphatic rings. The van der Waals surface area contributed by atoms with Gasteiger partial charge in [-0.2, -0.15) is 5.10 Å². The summed E-state index contributed by atoms with van der Waals surface area (Å²) in [7, 11) is 1.62. The quantitative estimate of drug-likeness (QED) is 0.929. The maximum atomic E-state index is 11.7. The number of nitrogens with zero attached hydrogens (tertiary/aromatic N) is 5. The molecule has 1 amide bonds. The molecule has 2 aromatic rings. The lowest BCUT2D eigenvalue weighted by atomic mass is 10.1. The summed E-state index contributed by atoms with van der Waals surface area (Å²) in [6, 6.07) is 3.97. The van der Waals surface area contributed by atoms with E-state index >= 15 is 0 Å². The van der Waals surface area contributed by atoms with E-state index in [9.17, 15) is 4.79 Å². The third-order valence-corrected chi connectivity index (χ3v) is 4.34. The predicted octanol–water partition coefficient (Wildman–Crippen LogP) is 2.00. The highest BCUT2D eigenvalue weighted by Crippen LogP contribution is 2.25. The van der Waals surface area contributed by atoms with E-state index in [2.05, 4.69) is 34.1 Å². The van der Waals surface area contributed by atoms with Crippen LogP contribution in [-0.4, -0.2) is 45.8 Å². The molecule has 128 valence electrons. The van der Waals surface area contributed by atoms with Crippen molar-refractivity contribution in [2.45, 2.75) is 38.6 Å². The third kappa shape index (κ3) is 3.39. The molecule has 0 radical (unpaired) electrons. The van der Waals surface area contributed by atoms with Gasteiger partial charge in [0.1, 0.15) is 17.3 Å². The Morgan fingerprint density at radius 3 is 2.96 bits per heavy atom. The Labute approximate surface area is 142 Å². The van der Waals surface area contributed by atoms with Gasteiger partial charge < -0.3 is 10.2 Å². The zero-order valence-corrected chi connectivity index (χ0v) is 14.4. The van der Waals surface area contributed by atoms with Gasteiger partial charge in [0.25, 0.3) is 5.91 Å². The van der Waals surface area contributed by atoms with E-state index in [1.807, 2.05) is 23.1 Å². The Kier molecular flexibility index (Phi) is 4.78. The van der Waals surface area contributed by atoms with E-state index in [1.54, 1.807) is 13.1 Å². The van der Waals surface area contributed by atoms with E-state index < -0.39 is 0 Å². The fourth-order valence-corrected chi connectivity index (χ4v) is 2.99. The van der Waals surface area contributed by atoms with Crippen LogP contribution < -0.4 is 10.2 Å². The highest BCUT2D eigenvalue weighted by molar-refractivity contribution is 5.91. The summed E-state index contributed by atoms with van der Waals surface area (Å²) in [5.41, 5.74) is 0.457. The van der Waals surface area contributed by atoms with Gasteiger partial charge in [0.05, 0.1) is 6.04 Å². The molecule has 0 unspecified atom stereocenters. The van der Waals surface area contributed by atoms with Crippen molar-refractivity contribution in [3.05, 3.63) is 36.0 Å². The van der Waals surface area contributed by atoms with Crippen LogP contribution in [-0.2, 0) is 0 Å². The summed E-state index contributed by atoms with van der Waals surface area (Å²) < 4.78 is 1.90. The van der Waals surface area contributed by atoms with Crippen molar-refractivity contribution in [3.63, 3.8) is 0 Å². The zero-order valence-electron chi connectivity index (χ0n) is 14.4. The number of amides is 1. The molecule has 0 spiro atoms. The summed E-state index contributed by atoms with van der Waals surface area (Å²) in [5, 5.41) is 7.03. The molecule has 7 nitrogen and oxygen atoms in total. The molecule has 1 aliphatic heterocycles. The number of carbonyl (C=O) groups excluding carboxylic acids is 1. The number of anilines is 1. The molecule has 3 rings (SSSR count). The van der Waals surface area contributed by atoms with Crippen molar-refractivity contribution in [1.82, 2.24) is 25.1 Å². The SMILES string of the molecule is CNC(=O)c1ccn([C@H]2CCCN(c3ccnc(C(C)C)n3)C2)n1. The molecule has 0 aliphatic carbocycles. The van der Waals surface area contributed by atoms with Crippen LogP contribution in [0.4, 0.5) is 5.82 Å². The number of hydrogen-bond donors (Lipinski definition) is 1. The Balaban J connectivity index is 1.76. The normalized spacial score (nSPS) is 18.0. The largest absolute Gasteiger partial charge is 0.354 e. The Morgan fingerprint density at radius 2 is 2.21 bits per heavy atom. The van der Waals surface area contributed by atoms with Crippen LogP contribution >= 0.6 is 0 Å². The van der Waals surface area contributed by atoms with Gasteiger partial charge in [-0.25, -0.2) is 9.97 Å². The molecule has 0 aromatic carbocycles. The predicted molar refractivity (Wildman–Crippen MR) is 92.2 cm³/mol. The fourth-order valence-electron chi connectivity index (χ4n) is 2.99. The summed E-state index contributed by atoms with van der Waals surface area (Å²) >= 11 is 0. The maximum Gasteiger partial charge on any atom is 0.271 e. The van der Waals surface area contributed by atoms with Gasteiger partial charge in [0, 0.05) is 38.4 Å². The number of piperidine rings is 1. The van der Waals surface area contributed by atoms with Crippen molar-refractivity contribution >= 4 is 11.7 Å². The van der Waals surface area contributed by atoms with Gasteiger partial charge >= 0.3 is 0 Å². The highest BCUT2D eigenvalue weighted by Gasteiger charge is 2.24. The lowest BCUT2D eigenvalue weighted by Gasteiger charge is -2.33. The van der Waals surface area contributed by atoms with Crippen LogP contribution in [0.5, 0.6) is 0 Å². The second-order valence-electron chi connectivity index (χ2n) is 6.43. The topological polar surface area (TPSA) is 75.9 Å². The first kappa shape index (κ1) is 16.4. The lowest BCUT2D eigenvalue weighted by Crippen LogP contribution is -2.37. The molecule has 2 aromatic heterocycles. The number of hydrogen-bond acceptors (Lipinski definition) is 5. The smallest absolute Gasteiger partial charge is 0.271 e. The third-order valence-electron chi connectivity index (χ3n) is 4.34. The van der Waals surface area contributed by atoms with Crippen molar-refractivity contribution in [1.29, 1.82) is 0 Å².